The molecule has 0 bridgehead atoms. The molecule has 1 aliphatic heterocycles. The van der Waals surface area contributed by atoms with Gasteiger partial charge in [0.15, 0.2) is 11.6 Å². The predicted molar refractivity (Wildman–Crippen MR) is 94.1 cm³/mol. The Morgan fingerprint density at radius 2 is 2.00 bits per heavy atom. The summed E-state index contributed by atoms with van der Waals surface area (Å²) in [6, 6.07) is 0. The zero-order valence-electron chi connectivity index (χ0n) is 15.4. The highest BCUT2D eigenvalue weighted by Crippen LogP contribution is 2.45. The van der Waals surface area contributed by atoms with E-state index in [9.17, 15) is 19.2 Å². The second-order valence-electron chi connectivity index (χ2n) is 7.04. The van der Waals surface area contributed by atoms with Crippen molar-refractivity contribution in [3.63, 3.8) is 0 Å². The number of allylic oxidation sites excluding steroid dienone is 3. The third-order valence-electron chi connectivity index (χ3n) is 4.76. The molecule has 0 aromatic rings. The maximum absolute atomic E-state index is 12.6. The molecule has 1 spiro atoms. The van der Waals surface area contributed by atoms with E-state index in [-0.39, 0.29) is 24.4 Å². The number of hydrogen-bond donors (Lipinski definition) is 0. The minimum Gasteiger partial charge on any atom is -0.458 e. The van der Waals surface area contributed by atoms with E-state index < -0.39 is 29.6 Å². The van der Waals surface area contributed by atoms with Crippen LogP contribution in [0.5, 0.6) is 0 Å². The van der Waals surface area contributed by atoms with Gasteiger partial charge in [0.2, 0.25) is 0 Å². The second-order valence-corrected chi connectivity index (χ2v) is 7.04. The van der Waals surface area contributed by atoms with E-state index >= 15 is 0 Å². The lowest BCUT2D eigenvalue weighted by atomic mass is 9.69. The lowest BCUT2D eigenvalue weighted by Gasteiger charge is -2.34. The number of hydrogen-bond acceptors (Lipinski definition) is 6. The number of rotatable bonds is 6. The number of ether oxygens (including phenoxy) is 2. The van der Waals surface area contributed by atoms with Crippen molar-refractivity contribution in [2.75, 3.05) is 0 Å². The summed E-state index contributed by atoms with van der Waals surface area (Å²) in [6.07, 6.45) is 4.30. The Morgan fingerprint density at radius 3 is 2.62 bits per heavy atom. The molecule has 1 heterocycles. The van der Waals surface area contributed by atoms with Crippen LogP contribution in [-0.4, -0.2) is 35.7 Å². The van der Waals surface area contributed by atoms with Gasteiger partial charge in [-0.1, -0.05) is 12.2 Å². The predicted octanol–water partition coefficient (Wildman–Crippen LogP) is 2.62. The lowest BCUT2D eigenvalue weighted by molar-refractivity contribution is -0.148. The zero-order valence-corrected chi connectivity index (χ0v) is 15.4. The monoisotopic (exact) mass is 360 g/mol. The summed E-state index contributed by atoms with van der Waals surface area (Å²) in [6.45, 7) is 8.42. The molecule has 3 atom stereocenters. The molecule has 0 unspecified atom stereocenters. The van der Waals surface area contributed by atoms with Crippen molar-refractivity contribution in [2.45, 2.75) is 58.7 Å². The molecule has 0 radical (unpaired) electrons. The molecule has 0 amide bonds. The van der Waals surface area contributed by atoms with Gasteiger partial charge in [0.05, 0.1) is 11.8 Å². The van der Waals surface area contributed by atoms with Crippen molar-refractivity contribution in [1.82, 2.24) is 0 Å². The summed E-state index contributed by atoms with van der Waals surface area (Å²) >= 11 is 0. The van der Waals surface area contributed by atoms with Crippen LogP contribution in [0.15, 0.2) is 36.0 Å². The number of carbonyl (C=O) groups is 4. The number of Topliss-reactive ketones (excluding diaryl/α,β-unsaturated/α-hetero) is 1. The maximum atomic E-state index is 12.6. The van der Waals surface area contributed by atoms with E-state index in [1.165, 1.54) is 19.1 Å². The van der Waals surface area contributed by atoms with Crippen molar-refractivity contribution in [3.05, 3.63) is 36.0 Å². The normalized spacial score (nSPS) is 28.2. The first-order chi connectivity index (χ1) is 12.1. The molecule has 0 aromatic carbocycles. The minimum atomic E-state index is -1.06. The van der Waals surface area contributed by atoms with Gasteiger partial charge in [-0.05, 0) is 44.1 Å². The van der Waals surface area contributed by atoms with Gasteiger partial charge >= 0.3 is 11.9 Å². The average Bonchev–Trinajstić information content (AvgIpc) is 2.84. The summed E-state index contributed by atoms with van der Waals surface area (Å²) < 4.78 is 10.6. The smallest absolute Gasteiger partial charge is 0.307 e. The fourth-order valence-corrected chi connectivity index (χ4v) is 3.31. The van der Waals surface area contributed by atoms with Gasteiger partial charge < -0.3 is 9.47 Å². The molecule has 0 aromatic heterocycles. The summed E-state index contributed by atoms with van der Waals surface area (Å²) in [5, 5.41) is 0. The van der Waals surface area contributed by atoms with E-state index in [1.807, 2.05) is 6.92 Å². The highest BCUT2D eigenvalue weighted by molar-refractivity contribution is 6.00. The molecule has 0 saturated carbocycles. The van der Waals surface area contributed by atoms with Crippen molar-refractivity contribution >= 4 is 23.5 Å². The Bertz CT molecular complexity index is 714. The van der Waals surface area contributed by atoms with E-state index in [0.29, 0.717) is 18.4 Å². The molecule has 1 saturated heterocycles. The third-order valence-corrected chi connectivity index (χ3v) is 4.76. The highest BCUT2D eigenvalue weighted by Gasteiger charge is 2.55. The SMILES string of the molecule is C=C(C)C(=O)CC/C(C)=C/[C@H]1OC(=O)C[C@]12C[C@H](OC(C)=O)C=CC2=O. The van der Waals surface area contributed by atoms with Crippen LogP contribution >= 0.6 is 0 Å². The van der Waals surface area contributed by atoms with E-state index in [0.717, 1.165) is 5.57 Å². The topological polar surface area (TPSA) is 86.7 Å². The van der Waals surface area contributed by atoms with Crippen LogP contribution in [0.25, 0.3) is 0 Å². The van der Waals surface area contributed by atoms with Crippen molar-refractivity contribution in [3.8, 4) is 0 Å². The van der Waals surface area contributed by atoms with E-state index in [2.05, 4.69) is 6.58 Å². The maximum Gasteiger partial charge on any atom is 0.307 e. The van der Waals surface area contributed by atoms with Gasteiger partial charge in [-0.3, -0.25) is 19.2 Å². The standard InChI is InChI=1S/C20H24O6/c1-12(2)16(22)7-5-13(3)9-18-20(11-19(24)26-18)10-15(25-14(4)21)6-8-17(20)23/h6,8-9,15,18H,1,5,7,10-11H2,2-4H3/b13-9+/t15-,18-,20+/m1/s1. The molecule has 26 heavy (non-hydrogen) atoms. The molecule has 2 aliphatic rings. The van der Waals surface area contributed by atoms with Crippen LogP contribution in [0.3, 0.4) is 0 Å². The van der Waals surface area contributed by atoms with Crippen molar-refractivity contribution in [1.29, 1.82) is 0 Å². The van der Waals surface area contributed by atoms with Gasteiger partial charge in [0.1, 0.15) is 12.2 Å². The fourth-order valence-electron chi connectivity index (χ4n) is 3.31. The molecule has 6 nitrogen and oxygen atoms in total. The summed E-state index contributed by atoms with van der Waals surface area (Å²) in [5.41, 5.74) is 0.286. The van der Waals surface area contributed by atoms with Crippen LogP contribution in [-0.2, 0) is 28.7 Å². The number of esters is 2. The van der Waals surface area contributed by atoms with Crippen LogP contribution in [0.2, 0.25) is 0 Å². The van der Waals surface area contributed by atoms with Crippen molar-refractivity contribution in [2.24, 2.45) is 5.41 Å². The Balaban J connectivity index is 2.20. The van der Waals surface area contributed by atoms with E-state index in [4.69, 9.17) is 9.47 Å². The van der Waals surface area contributed by atoms with Crippen LogP contribution < -0.4 is 0 Å². The Hall–Kier alpha value is -2.50. The first-order valence-corrected chi connectivity index (χ1v) is 8.59. The Morgan fingerprint density at radius 1 is 1.31 bits per heavy atom. The summed E-state index contributed by atoms with van der Waals surface area (Å²) in [5.74, 6) is -1.14. The molecule has 1 aliphatic carbocycles. The molecule has 6 heteroatoms. The lowest BCUT2D eigenvalue weighted by Crippen LogP contribution is -2.43. The number of ketones is 2. The van der Waals surface area contributed by atoms with Gasteiger partial charge in [0.25, 0.3) is 0 Å². The fraction of sp³-hybridized carbons (Fsp3) is 0.500. The molecule has 1 fully saturated rings. The minimum absolute atomic E-state index is 0.0255. The molecule has 0 N–H and O–H groups in total. The third kappa shape index (κ3) is 4.36. The van der Waals surface area contributed by atoms with Gasteiger partial charge in [0, 0.05) is 19.8 Å². The van der Waals surface area contributed by atoms with Gasteiger partial charge in [-0.25, -0.2) is 0 Å². The number of carbonyl (C=O) groups excluding carboxylic acids is 4. The van der Waals surface area contributed by atoms with Crippen LogP contribution in [0, 0.1) is 5.41 Å². The van der Waals surface area contributed by atoms with Crippen LogP contribution in [0.4, 0.5) is 0 Å². The second kappa shape index (κ2) is 7.81. The quantitative estimate of drug-likeness (QED) is 0.411. The molecule has 2 rings (SSSR count). The van der Waals surface area contributed by atoms with Crippen molar-refractivity contribution < 1.29 is 28.7 Å². The molecular formula is C20H24O6. The number of cyclic esters (lactones) is 1. The van der Waals surface area contributed by atoms with Gasteiger partial charge in [-0.15, -0.1) is 0 Å². The summed E-state index contributed by atoms with van der Waals surface area (Å²) in [4.78, 5) is 47.5. The Labute approximate surface area is 152 Å². The Kier molecular flexibility index (Phi) is 5.95. The molecular weight excluding hydrogens is 336 g/mol. The first-order valence-electron chi connectivity index (χ1n) is 8.59. The van der Waals surface area contributed by atoms with Gasteiger partial charge in [-0.2, -0.15) is 0 Å². The van der Waals surface area contributed by atoms with E-state index in [1.54, 1.807) is 13.0 Å². The largest absolute Gasteiger partial charge is 0.458 e. The molecule has 140 valence electrons. The zero-order chi connectivity index (χ0) is 19.5. The summed E-state index contributed by atoms with van der Waals surface area (Å²) in [7, 11) is 0. The highest BCUT2D eigenvalue weighted by atomic mass is 16.6. The van der Waals surface area contributed by atoms with Crippen LogP contribution in [0.1, 0.15) is 46.5 Å². The average molecular weight is 360 g/mol. The first kappa shape index (κ1) is 19.8.